The van der Waals surface area contributed by atoms with Gasteiger partial charge in [0.15, 0.2) is 17.5 Å². The molecule has 1 amide bonds. The summed E-state index contributed by atoms with van der Waals surface area (Å²) in [5.41, 5.74) is 6.24. The van der Waals surface area contributed by atoms with Crippen LogP contribution < -0.4 is 5.73 Å². The summed E-state index contributed by atoms with van der Waals surface area (Å²) < 4.78 is 40.2. The largest absolute Gasteiger partial charge is 0.365 e. The fourth-order valence-corrected chi connectivity index (χ4v) is 4.19. The van der Waals surface area contributed by atoms with Gasteiger partial charge in [0, 0.05) is 16.2 Å². The molecule has 2 heterocycles. The number of thiophene rings is 1. The lowest BCUT2D eigenvalue weighted by Gasteiger charge is -2.16. The van der Waals surface area contributed by atoms with Crippen molar-refractivity contribution in [1.29, 1.82) is 0 Å². The number of amides is 1. The van der Waals surface area contributed by atoms with Crippen LogP contribution in [0.1, 0.15) is 15.2 Å². The lowest BCUT2D eigenvalue weighted by atomic mass is 10.1. The molecule has 0 radical (unpaired) electrons. The first-order valence-corrected chi connectivity index (χ1v) is 7.02. The molecule has 1 aliphatic heterocycles. The summed E-state index contributed by atoms with van der Waals surface area (Å²) in [7, 11) is 0. The molecule has 0 atom stereocenters. The molecule has 1 aromatic heterocycles. The van der Waals surface area contributed by atoms with Gasteiger partial charge in [0.05, 0.1) is 9.77 Å². The van der Waals surface area contributed by atoms with Crippen molar-refractivity contribution in [2.24, 2.45) is 5.73 Å². The Morgan fingerprint density at radius 1 is 1.21 bits per heavy atom. The second-order valence-electron chi connectivity index (χ2n) is 3.98. The minimum absolute atomic E-state index is 0.0734. The quantitative estimate of drug-likeness (QED) is 0.819. The van der Waals surface area contributed by atoms with E-state index in [-0.39, 0.29) is 10.5 Å². The van der Waals surface area contributed by atoms with Crippen LogP contribution in [0.4, 0.5) is 13.2 Å². The van der Waals surface area contributed by atoms with Crippen molar-refractivity contribution >= 4 is 29.0 Å². The summed E-state index contributed by atoms with van der Waals surface area (Å²) in [6, 6.07) is 2.57. The number of rotatable bonds is 1. The zero-order valence-corrected chi connectivity index (χ0v) is 10.9. The maximum atomic E-state index is 13.7. The van der Waals surface area contributed by atoms with Crippen LogP contribution >= 0.6 is 23.1 Å². The number of thioether (sulfide) groups is 1. The molecule has 0 aliphatic carbocycles. The minimum atomic E-state index is -1.47. The summed E-state index contributed by atoms with van der Waals surface area (Å²) in [5, 5.41) is 0. The third-order valence-corrected chi connectivity index (χ3v) is 5.15. The molecule has 0 fully saturated rings. The van der Waals surface area contributed by atoms with Crippen LogP contribution in [0.2, 0.25) is 0 Å². The van der Waals surface area contributed by atoms with Gasteiger partial charge in [-0.3, -0.25) is 4.79 Å². The van der Waals surface area contributed by atoms with Gasteiger partial charge < -0.3 is 5.73 Å². The molecule has 98 valence electrons. The first-order valence-electron chi connectivity index (χ1n) is 5.22. The van der Waals surface area contributed by atoms with Crippen LogP contribution in [0, 0.1) is 17.5 Å². The van der Waals surface area contributed by atoms with Crippen LogP contribution in [0.5, 0.6) is 0 Å². The zero-order valence-electron chi connectivity index (χ0n) is 9.30. The molecule has 2 N–H and O–H groups in total. The average molecular weight is 301 g/mol. The van der Waals surface area contributed by atoms with Crippen LogP contribution in [0.15, 0.2) is 17.0 Å². The van der Waals surface area contributed by atoms with E-state index < -0.39 is 23.4 Å². The van der Waals surface area contributed by atoms with Gasteiger partial charge >= 0.3 is 0 Å². The number of halogens is 3. The first kappa shape index (κ1) is 12.6. The molecule has 0 saturated heterocycles. The van der Waals surface area contributed by atoms with Gasteiger partial charge in [-0.2, -0.15) is 0 Å². The summed E-state index contributed by atoms with van der Waals surface area (Å²) >= 11 is 2.14. The molecule has 2 aromatic rings. The Balaban J connectivity index is 2.26. The lowest BCUT2D eigenvalue weighted by Crippen LogP contribution is -2.08. The van der Waals surface area contributed by atoms with Crippen molar-refractivity contribution in [1.82, 2.24) is 0 Å². The number of primary amides is 1. The van der Waals surface area contributed by atoms with Gasteiger partial charge in [0.2, 0.25) is 0 Å². The number of nitrogens with two attached hydrogens (primary N) is 1. The highest BCUT2D eigenvalue weighted by atomic mass is 32.2. The van der Waals surface area contributed by atoms with Crippen molar-refractivity contribution in [2.75, 3.05) is 0 Å². The maximum Gasteiger partial charge on any atom is 0.258 e. The fraction of sp³-hybridized carbons (Fsp3) is 0.0833. The molecule has 0 saturated carbocycles. The molecule has 1 aliphatic rings. The summed E-state index contributed by atoms with van der Waals surface area (Å²) in [6.07, 6.45) is 0. The lowest BCUT2D eigenvalue weighted by molar-refractivity contribution is 0.100. The van der Waals surface area contributed by atoms with Crippen molar-refractivity contribution < 1.29 is 18.0 Å². The molecule has 1 aromatic carbocycles. The molecule has 0 spiro atoms. The molecule has 19 heavy (non-hydrogen) atoms. The summed E-state index contributed by atoms with van der Waals surface area (Å²) in [6.45, 7) is 0. The highest BCUT2D eigenvalue weighted by Gasteiger charge is 2.27. The van der Waals surface area contributed by atoms with E-state index in [1.165, 1.54) is 0 Å². The van der Waals surface area contributed by atoms with Gasteiger partial charge in [-0.15, -0.1) is 23.1 Å². The molecule has 0 unspecified atom stereocenters. The number of hydrogen-bond donors (Lipinski definition) is 1. The van der Waals surface area contributed by atoms with Gasteiger partial charge in [-0.1, -0.05) is 0 Å². The highest BCUT2D eigenvalue weighted by molar-refractivity contribution is 7.98. The standard InChI is InChI=1S/C12H6F3NOS2/c13-6-2-5-10-4(1-7(19-10)12(16)17)3-18-11(5)9(15)8(6)14/h1-2H,3H2,(H2,16,17). The first-order chi connectivity index (χ1) is 8.99. The van der Waals surface area contributed by atoms with E-state index >= 15 is 0 Å². The molecular weight excluding hydrogens is 295 g/mol. The monoisotopic (exact) mass is 301 g/mol. The van der Waals surface area contributed by atoms with Gasteiger partial charge in [0.25, 0.3) is 5.91 Å². The molecule has 3 rings (SSSR count). The van der Waals surface area contributed by atoms with Gasteiger partial charge in [0.1, 0.15) is 0 Å². The zero-order chi connectivity index (χ0) is 13.7. The van der Waals surface area contributed by atoms with E-state index in [9.17, 15) is 18.0 Å². The predicted octanol–water partition coefficient (Wildman–Crippen LogP) is 3.54. The number of hydrogen-bond acceptors (Lipinski definition) is 3. The average Bonchev–Trinajstić information content (AvgIpc) is 2.80. The van der Waals surface area contributed by atoms with Crippen LogP contribution in [0.3, 0.4) is 0 Å². The SMILES string of the molecule is NC(=O)c1cc2c(s1)-c1cc(F)c(F)c(F)c1SC2. The summed E-state index contributed by atoms with van der Waals surface area (Å²) in [5.74, 6) is -4.08. The Morgan fingerprint density at radius 2 is 1.95 bits per heavy atom. The molecule has 2 nitrogen and oxygen atoms in total. The van der Waals surface area contributed by atoms with E-state index in [1.54, 1.807) is 6.07 Å². The van der Waals surface area contributed by atoms with E-state index in [4.69, 9.17) is 5.73 Å². The number of carbonyl (C=O) groups excluding carboxylic acids is 1. The number of carbonyl (C=O) groups is 1. The fourth-order valence-electron chi connectivity index (χ4n) is 1.92. The predicted molar refractivity (Wildman–Crippen MR) is 67.7 cm³/mol. The van der Waals surface area contributed by atoms with Crippen LogP contribution in [-0.2, 0) is 5.75 Å². The van der Waals surface area contributed by atoms with Crippen molar-refractivity contribution in [2.45, 2.75) is 10.6 Å². The van der Waals surface area contributed by atoms with Gasteiger partial charge in [-0.25, -0.2) is 13.2 Å². The van der Waals surface area contributed by atoms with Crippen molar-refractivity contribution in [3.63, 3.8) is 0 Å². The Kier molecular flexibility index (Phi) is 2.83. The van der Waals surface area contributed by atoms with E-state index in [0.717, 1.165) is 34.7 Å². The molecule has 0 bridgehead atoms. The Hall–Kier alpha value is -1.47. The Bertz CT molecular complexity index is 711. The normalized spacial score (nSPS) is 13.0. The van der Waals surface area contributed by atoms with Crippen LogP contribution in [0.25, 0.3) is 10.4 Å². The number of fused-ring (bicyclic) bond motifs is 3. The number of benzene rings is 1. The molecular formula is C12H6F3NOS2. The van der Waals surface area contributed by atoms with E-state index in [2.05, 4.69) is 0 Å². The third-order valence-electron chi connectivity index (χ3n) is 2.79. The van der Waals surface area contributed by atoms with Crippen molar-refractivity contribution in [3.05, 3.63) is 40.0 Å². The maximum absolute atomic E-state index is 13.7. The summed E-state index contributed by atoms with van der Waals surface area (Å²) in [4.78, 5) is 12.1. The van der Waals surface area contributed by atoms with E-state index in [1.807, 2.05) is 0 Å². The smallest absolute Gasteiger partial charge is 0.258 e. The Morgan fingerprint density at radius 3 is 2.63 bits per heavy atom. The van der Waals surface area contributed by atoms with E-state index in [0.29, 0.717) is 15.5 Å². The van der Waals surface area contributed by atoms with Crippen LogP contribution in [-0.4, -0.2) is 5.91 Å². The topological polar surface area (TPSA) is 43.1 Å². The van der Waals surface area contributed by atoms with Crippen molar-refractivity contribution in [3.8, 4) is 10.4 Å². The third kappa shape index (κ3) is 1.84. The highest BCUT2D eigenvalue weighted by Crippen LogP contribution is 2.47. The Labute approximate surface area is 114 Å². The second-order valence-corrected chi connectivity index (χ2v) is 6.02. The van der Waals surface area contributed by atoms with Gasteiger partial charge in [-0.05, 0) is 17.7 Å². The molecule has 7 heteroatoms. The second kappa shape index (κ2) is 4.28. The minimum Gasteiger partial charge on any atom is -0.365 e.